The number of amides is 2. The summed E-state index contributed by atoms with van der Waals surface area (Å²) in [5.41, 5.74) is 6.51. The molecule has 2 amide bonds. The highest BCUT2D eigenvalue weighted by Gasteiger charge is 2.34. The lowest BCUT2D eigenvalue weighted by atomic mass is 10.1. The molecule has 7 heteroatoms. The molecule has 5 nitrogen and oxygen atoms in total. The SMILES string of the molecule is Br.Nc1ncc(CCN2C(=O)c3ccccc3C2=O)s1. The van der Waals surface area contributed by atoms with E-state index in [1.165, 1.54) is 16.2 Å². The summed E-state index contributed by atoms with van der Waals surface area (Å²) in [6.07, 6.45) is 2.26. The summed E-state index contributed by atoms with van der Waals surface area (Å²) in [6.45, 7) is 0.355. The third-order valence-electron chi connectivity index (χ3n) is 3.03. The van der Waals surface area contributed by atoms with Gasteiger partial charge in [-0.25, -0.2) is 4.98 Å². The molecular weight excluding hydrogens is 342 g/mol. The zero-order chi connectivity index (χ0) is 13.4. The highest BCUT2D eigenvalue weighted by atomic mass is 79.9. The summed E-state index contributed by atoms with van der Waals surface area (Å²) < 4.78 is 0. The van der Waals surface area contributed by atoms with Gasteiger partial charge in [0.25, 0.3) is 11.8 Å². The first-order valence-corrected chi connectivity index (χ1v) is 6.64. The number of aromatic nitrogens is 1. The molecule has 2 N–H and O–H groups in total. The highest BCUT2D eigenvalue weighted by molar-refractivity contribution is 8.93. The van der Waals surface area contributed by atoms with Gasteiger partial charge in [0.15, 0.2) is 5.13 Å². The lowest BCUT2D eigenvalue weighted by Gasteiger charge is -2.12. The molecule has 1 aromatic heterocycles. The van der Waals surface area contributed by atoms with E-state index in [4.69, 9.17) is 5.73 Å². The van der Waals surface area contributed by atoms with E-state index in [0.717, 1.165) is 4.88 Å². The molecule has 2 aromatic rings. The normalized spacial score (nSPS) is 13.3. The summed E-state index contributed by atoms with van der Waals surface area (Å²) >= 11 is 1.37. The number of nitrogens with two attached hydrogens (primary N) is 1. The number of nitrogens with zero attached hydrogens (tertiary/aromatic N) is 2. The summed E-state index contributed by atoms with van der Waals surface area (Å²) in [7, 11) is 0. The maximum absolute atomic E-state index is 12.1. The Morgan fingerprint density at radius 1 is 1.15 bits per heavy atom. The standard InChI is InChI=1S/C13H11N3O2S.BrH/c14-13-15-7-8(19-13)5-6-16-11(17)9-3-1-2-4-10(9)12(16)18;/h1-4,7H,5-6H2,(H2,14,15);1H. The van der Waals surface area contributed by atoms with Gasteiger partial charge in [-0.15, -0.1) is 28.3 Å². The molecule has 0 bridgehead atoms. The Kier molecular flexibility index (Phi) is 4.20. The van der Waals surface area contributed by atoms with Gasteiger partial charge in [0, 0.05) is 24.0 Å². The fraction of sp³-hybridized carbons (Fsp3) is 0.154. The average molecular weight is 354 g/mol. The molecule has 2 heterocycles. The molecule has 0 saturated heterocycles. The number of nitrogen functional groups attached to an aromatic ring is 1. The third-order valence-corrected chi connectivity index (χ3v) is 3.92. The van der Waals surface area contributed by atoms with Crippen molar-refractivity contribution in [1.29, 1.82) is 0 Å². The Bertz CT molecular complexity index is 636. The van der Waals surface area contributed by atoms with Gasteiger partial charge in [0.05, 0.1) is 11.1 Å². The van der Waals surface area contributed by atoms with Crippen molar-refractivity contribution >= 4 is 45.3 Å². The molecule has 0 spiro atoms. The monoisotopic (exact) mass is 353 g/mol. The first-order chi connectivity index (χ1) is 9.16. The van der Waals surface area contributed by atoms with Gasteiger partial charge < -0.3 is 5.73 Å². The van der Waals surface area contributed by atoms with Crippen molar-refractivity contribution in [3.63, 3.8) is 0 Å². The van der Waals surface area contributed by atoms with E-state index >= 15 is 0 Å². The Labute approximate surface area is 130 Å². The van der Waals surface area contributed by atoms with E-state index in [2.05, 4.69) is 4.98 Å². The van der Waals surface area contributed by atoms with Crippen LogP contribution in [-0.4, -0.2) is 28.2 Å². The van der Waals surface area contributed by atoms with Gasteiger partial charge in [-0.05, 0) is 12.1 Å². The van der Waals surface area contributed by atoms with E-state index < -0.39 is 0 Å². The number of fused-ring (bicyclic) bond motifs is 1. The van der Waals surface area contributed by atoms with Crippen molar-refractivity contribution in [2.45, 2.75) is 6.42 Å². The summed E-state index contributed by atoms with van der Waals surface area (Å²) in [4.78, 5) is 30.4. The topological polar surface area (TPSA) is 76.3 Å². The van der Waals surface area contributed by atoms with E-state index in [1.807, 2.05) is 0 Å². The van der Waals surface area contributed by atoms with Crippen LogP contribution < -0.4 is 5.73 Å². The fourth-order valence-corrected chi connectivity index (χ4v) is 2.78. The van der Waals surface area contributed by atoms with Crippen LogP contribution in [0.15, 0.2) is 30.5 Å². The molecule has 1 aliphatic heterocycles. The van der Waals surface area contributed by atoms with Gasteiger partial charge in [0.1, 0.15) is 0 Å². The molecule has 1 aromatic carbocycles. The number of halogens is 1. The smallest absolute Gasteiger partial charge is 0.261 e. The minimum absolute atomic E-state index is 0. The van der Waals surface area contributed by atoms with Crippen LogP contribution in [0, 0.1) is 0 Å². The second-order valence-corrected chi connectivity index (χ2v) is 5.37. The van der Waals surface area contributed by atoms with Crippen molar-refractivity contribution in [1.82, 2.24) is 9.88 Å². The number of rotatable bonds is 3. The lowest BCUT2D eigenvalue weighted by Crippen LogP contribution is -2.31. The Balaban J connectivity index is 0.00000147. The number of carbonyl (C=O) groups is 2. The van der Waals surface area contributed by atoms with Gasteiger partial charge in [-0.1, -0.05) is 12.1 Å². The predicted molar refractivity (Wildman–Crippen MR) is 82.4 cm³/mol. The van der Waals surface area contributed by atoms with Crippen molar-refractivity contribution in [3.8, 4) is 0 Å². The second-order valence-electron chi connectivity index (χ2n) is 4.22. The molecule has 104 valence electrons. The largest absolute Gasteiger partial charge is 0.375 e. The predicted octanol–water partition coefficient (Wildman–Crippen LogP) is 2.14. The van der Waals surface area contributed by atoms with Crippen molar-refractivity contribution in [2.75, 3.05) is 12.3 Å². The average Bonchev–Trinajstić information content (AvgIpc) is 2.93. The Morgan fingerprint density at radius 3 is 2.25 bits per heavy atom. The van der Waals surface area contributed by atoms with Crippen molar-refractivity contribution < 1.29 is 9.59 Å². The van der Waals surface area contributed by atoms with Crippen LogP contribution in [0.3, 0.4) is 0 Å². The lowest BCUT2D eigenvalue weighted by molar-refractivity contribution is 0.0656. The number of hydrogen-bond donors (Lipinski definition) is 1. The molecule has 0 aliphatic carbocycles. The van der Waals surface area contributed by atoms with Crippen LogP contribution in [0.5, 0.6) is 0 Å². The van der Waals surface area contributed by atoms with E-state index in [9.17, 15) is 9.59 Å². The Morgan fingerprint density at radius 2 is 1.75 bits per heavy atom. The zero-order valence-corrected chi connectivity index (χ0v) is 12.9. The Hall–Kier alpha value is -1.73. The molecule has 0 unspecified atom stereocenters. The number of imide groups is 1. The van der Waals surface area contributed by atoms with Crippen LogP contribution in [-0.2, 0) is 6.42 Å². The molecule has 0 atom stereocenters. The molecule has 3 rings (SSSR count). The molecule has 0 radical (unpaired) electrons. The van der Waals surface area contributed by atoms with Gasteiger partial charge in [-0.3, -0.25) is 14.5 Å². The zero-order valence-electron chi connectivity index (χ0n) is 10.4. The number of anilines is 1. The number of thiazole rings is 1. The van der Waals surface area contributed by atoms with E-state index in [-0.39, 0.29) is 28.8 Å². The first kappa shape index (κ1) is 14.7. The second kappa shape index (κ2) is 5.72. The van der Waals surface area contributed by atoms with Crippen LogP contribution in [0.1, 0.15) is 25.6 Å². The first-order valence-electron chi connectivity index (χ1n) is 5.82. The van der Waals surface area contributed by atoms with Crippen LogP contribution in [0.4, 0.5) is 5.13 Å². The van der Waals surface area contributed by atoms with Crippen LogP contribution >= 0.6 is 28.3 Å². The van der Waals surface area contributed by atoms with E-state index in [1.54, 1.807) is 30.5 Å². The van der Waals surface area contributed by atoms with Crippen LogP contribution in [0.2, 0.25) is 0 Å². The van der Waals surface area contributed by atoms with Gasteiger partial charge in [-0.2, -0.15) is 0 Å². The maximum Gasteiger partial charge on any atom is 0.261 e. The van der Waals surface area contributed by atoms with E-state index in [0.29, 0.717) is 29.2 Å². The number of carbonyl (C=O) groups excluding carboxylic acids is 2. The number of hydrogen-bond acceptors (Lipinski definition) is 5. The quantitative estimate of drug-likeness (QED) is 0.857. The minimum Gasteiger partial charge on any atom is -0.375 e. The van der Waals surface area contributed by atoms with Crippen molar-refractivity contribution in [2.24, 2.45) is 0 Å². The van der Waals surface area contributed by atoms with Gasteiger partial charge >= 0.3 is 0 Å². The molecule has 0 saturated carbocycles. The molecule has 20 heavy (non-hydrogen) atoms. The third kappa shape index (κ3) is 2.46. The summed E-state index contributed by atoms with van der Waals surface area (Å²) in [6, 6.07) is 6.88. The van der Waals surface area contributed by atoms with Gasteiger partial charge in [0.2, 0.25) is 0 Å². The maximum atomic E-state index is 12.1. The van der Waals surface area contributed by atoms with Crippen LogP contribution in [0.25, 0.3) is 0 Å². The molecule has 1 aliphatic rings. The highest BCUT2D eigenvalue weighted by Crippen LogP contribution is 2.23. The molecular formula is C13H12BrN3O2S. The molecule has 0 fully saturated rings. The number of benzene rings is 1. The summed E-state index contributed by atoms with van der Waals surface area (Å²) in [5.74, 6) is -0.448. The summed E-state index contributed by atoms with van der Waals surface area (Å²) in [5, 5.41) is 0.498. The van der Waals surface area contributed by atoms with Crippen molar-refractivity contribution in [3.05, 3.63) is 46.5 Å². The minimum atomic E-state index is -0.224. The fourth-order valence-electron chi connectivity index (χ4n) is 2.10.